The van der Waals surface area contributed by atoms with Crippen molar-refractivity contribution in [2.24, 2.45) is 17.1 Å². The van der Waals surface area contributed by atoms with Crippen LogP contribution in [0.5, 0.6) is 0 Å². The van der Waals surface area contributed by atoms with Crippen LogP contribution in [-0.2, 0) is 4.79 Å². The van der Waals surface area contributed by atoms with E-state index in [-0.39, 0.29) is 23.4 Å². The summed E-state index contributed by atoms with van der Waals surface area (Å²) in [7, 11) is 0. The topological polar surface area (TPSA) is 55.1 Å². The maximum absolute atomic E-state index is 12.2. The van der Waals surface area contributed by atoms with Gasteiger partial charge in [-0.25, -0.2) is 0 Å². The highest BCUT2D eigenvalue weighted by atomic mass is 16.2. The van der Waals surface area contributed by atoms with Gasteiger partial charge >= 0.3 is 0 Å². The third-order valence-corrected chi connectivity index (χ3v) is 3.75. The van der Waals surface area contributed by atoms with Crippen molar-refractivity contribution in [3.05, 3.63) is 0 Å². The lowest BCUT2D eigenvalue weighted by molar-refractivity contribution is -0.131. The molecule has 3 unspecified atom stereocenters. The molecule has 1 aliphatic rings. The van der Waals surface area contributed by atoms with Gasteiger partial charge in [0.25, 0.3) is 0 Å². The number of hydrogen-bond acceptors (Lipinski definition) is 2. The van der Waals surface area contributed by atoms with Crippen LogP contribution in [0.3, 0.4) is 0 Å². The van der Waals surface area contributed by atoms with Crippen molar-refractivity contribution in [2.45, 2.75) is 65.5 Å². The maximum atomic E-state index is 12.2. The van der Waals surface area contributed by atoms with Crippen molar-refractivity contribution in [1.29, 1.82) is 0 Å². The first-order valence-corrected chi connectivity index (χ1v) is 6.43. The molecular formula is C13H26N2O. The zero-order chi connectivity index (χ0) is 12.3. The van der Waals surface area contributed by atoms with Gasteiger partial charge in [0.05, 0.1) is 5.41 Å². The zero-order valence-electron chi connectivity index (χ0n) is 11.0. The number of amides is 1. The second-order valence-corrected chi connectivity index (χ2v) is 5.92. The molecule has 3 atom stereocenters. The Kier molecular flexibility index (Phi) is 4.36. The Morgan fingerprint density at radius 2 is 2.12 bits per heavy atom. The molecule has 0 spiro atoms. The molecule has 0 heterocycles. The van der Waals surface area contributed by atoms with E-state index < -0.39 is 0 Å². The Balaban J connectivity index is 2.51. The molecule has 16 heavy (non-hydrogen) atoms. The second kappa shape index (κ2) is 5.17. The number of carbonyl (C=O) groups excluding carboxylic acids is 1. The standard InChI is InChI=1S/C13H26N2O/c1-9(2)8-10(3)15-12(16)13(4)7-5-6-11(13)14/h9-11H,5-8,14H2,1-4H3,(H,15,16). The highest BCUT2D eigenvalue weighted by Crippen LogP contribution is 2.36. The van der Waals surface area contributed by atoms with E-state index >= 15 is 0 Å². The van der Waals surface area contributed by atoms with Gasteiger partial charge in [-0.15, -0.1) is 0 Å². The van der Waals surface area contributed by atoms with Crippen LogP contribution >= 0.6 is 0 Å². The molecule has 1 fully saturated rings. The average Bonchev–Trinajstić information content (AvgIpc) is 2.46. The summed E-state index contributed by atoms with van der Waals surface area (Å²) in [6.45, 7) is 8.42. The Morgan fingerprint density at radius 1 is 1.50 bits per heavy atom. The molecule has 0 bridgehead atoms. The third-order valence-electron chi connectivity index (χ3n) is 3.75. The van der Waals surface area contributed by atoms with Crippen molar-refractivity contribution in [1.82, 2.24) is 5.32 Å². The lowest BCUT2D eigenvalue weighted by Gasteiger charge is -2.29. The highest BCUT2D eigenvalue weighted by molar-refractivity contribution is 5.83. The molecule has 0 saturated heterocycles. The van der Waals surface area contributed by atoms with E-state index in [1.807, 2.05) is 6.92 Å². The lowest BCUT2D eigenvalue weighted by Crippen LogP contribution is -2.49. The Hall–Kier alpha value is -0.570. The summed E-state index contributed by atoms with van der Waals surface area (Å²) < 4.78 is 0. The second-order valence-electron chi connectivity index (χ2n) is 5.92. The molecule has 94 valence electrons. The van der Waals surface area contributed by atoms with E-state index in [0.29, 0.717) is 5.92 Å². The van der Waals surface area contributed by atoms with Crippen molar-refractivity contribution in [3.8, 4) is 0 Å². The molecule has 1 saturated carbocycles. The summed E-state index contributed by atoms with van der Waals surface area (Å²) in [4.78, 5) is 12.2. The molecule has 0 aliphatic heterocycles. The third kappa shape index (κ3) is 2.97. The first kappa shape index (κ1) is 13.5. The largest absolute Gasteiger partial charge is 0.353 e. The Morgan fingerprint density at radius 3 is 2.56 bits per heavy atom. The Labute approximate surface area is 99.2 Å². The molecule has 1 aliphatic carbocycles. The molecule has 0 aromatic carbocycles. The van der Waals surface area contributed by atoms with E-state index in [0.717, 1.165) is 25.7 Å². The minimum Gasteiger partial charge on any atom is -0.353 e. The molecule has 3 heteroatoms. The Bertz CT molecular complexity index is 252. The predicted molar refractivity (Wildman–Crippen MR) is 67.0 cm³/mol. The van der Waals surface area contributed by atoms with Gasteiger partial charge in [-0.3, -0.25) is 4.79 Å². The molecule has 0 radical (unpaired) electrons. The molecule has 3 nitrogen and oxygen atoms in total. The van der Waals surface area contributed by atoms with Gasteiger partial charge in [0.15, 0.2) is 0 Å². The molecule has 1 amide bonds. The first-order valence-electron chi connectivity index (χ1n) is 6.43. The molecule has 0 aromatic rings. The maximum Gasteiger partial charge on any atom is 0.227 e. The van der Waals surface area contributed by atoms with Gasteiger partial charge in [0.2, 0.25) is 5.91 Å². The number of rotatable bonds is 4. The summed E-state index contributed by atoms with van der Waals surface area (Å²) in [6, 6.07) is 0.274. The van der Waals surface area contributed by atoms with Crippen LogP contribution in [-0.4, -0.2) is 18.0 Å². The molecule has 1 rings (SSSR count). The summed E-state index contributed by atoms with van der Waals surface area (Å²) in [5, 5.41) is 3.11. The van der Waals surface area contributed by atoms with E-state index in [1.54, 1.807) is 0 Å². The fourth-order valence-corrected chi connectivity index (χ4v) is 2.63. The predicted octanol–water partition coefficient (Wildman–Crippen LogP) is 2.05. The number of carbonyl (C=O) groups is 1. The summed E-state index contributed by atoms with van der Waals surface area (Å²) in [5.74, 6) is 0.756. The highest BCUT2D eigenvalue weighted by Gasteiger charge is 2.43. The van der Waals surface area contributed by atoms with Crippen molar-refractivity contribution >= 4 is 5.91 Å². The number of nitrogens with two attached hydrogens (primary N) is 1. The van der Waals surface area contributed by atoms with Gasteiger partial charge < -0.3 is 11.1 Å². The van der Waals surface area contributed by atoms with Crippen molar-refractivity contribution in [3.63, 3.8) is 0 Å². The number of hydrogen-bond donors (Lipinski definition) is 2. The van der Waals surface area contributed by atoms with Gasteiger partial charge in [-0.1, -0.05) is 20.3 Å². The summed E-state index contributed by atoms with van der Waals surface area (Å²) in [5.41, 5.74) is 5.69. The number of nitrogens with one attached hydrogen (secondary N) is 1. The van der Waals surface area contributed by atoms with Crippen LogP contribution in [0, 0.1) is 11.3 Å². The molecule has 0 aromatic heterocycles. The van der Waals surface area contributed by atoms with E-state index in [1.165, 1.54) is 0 Å². The van der Waals surface area contributed by atoms with Crippen LogP contribution in [0.4, 0.5) is 0 Å². The van der Waals surface area contributed by atoms with E-state index in [2.05, 4.69) is 26.1 Å². The van der Waals surface area contributed by atoms with E-state index in [4.69, 9.17) is 5.73 Å². The van der Waals surface area contributed by atoms with Crippen molar-refractivity contribution < 1.29 is 4.79 Å². The normalized spacial score (nSPS) is 31.8. The fourth-order valence-electron chi connectivity index (χ4n) is 2.63. The van der Waals surface area contributed by atoms with E-state index in [9.17, 15) is 4.79 Å². The van der Waals surface area contributed by atoms with Crippen LogP contribution in [0.15, 0.2) is 0 Å². The van der Waals surface area contributed by atoms with Crippen LogP contribution in [0.25, 0.3) is 0 Å². The van der Waals surface area contributed by atoms with Crippen LogP contribution in [0.1, 0.15) is 53.4 Å². The molecule has 3 N–H and O–H groups in total. The van der Waals surface area contributed by atoms with Crippen molar-refractivity contribution in [2.75, 3.05) is 0 Å². The SMILES string of the molecule is CC(C)CC(C)NC(=O)C1(C)CCCC1N. The van der Waals surface area contributed by atoms with Gasteiger partial charge in [-0.2, -0.15) is 0 Å². The fraction of sp³-hybridized carbons (Fsp3) is 0.923. The quantitative estimate of drug-likeness (QED) is 0.771. The van der Waals surface area contributed by atoms with Crippen LogP contribution in [0.2, 0.25) is 0 Å². The smallest absolute Gasteiger partial charge is 0.227 e. The van der Waals surface area contributed by atoms with Gasteiger partial charge in [0, 0.05) is 12.1 Å². The monoisotopic (exact) mass is 226 g/mol. The van der Waals surface area contributed by atoms with Crippen LogP contribution < -0.4 is 11.1 Å². The first-order chi connectivity index (χ1) is 7.36. The minimum atomic E-state index is -0.342. The lowest BCUT2D eigenvalue weighted by atomic mass is 9.84. The van der Waals surface area contributed by atoms with Gasteiger partial charge in [-0.05, 0) is 39.0 Å². The van der Waals surface area contributed by atoms with Gasteiger partial charge in [0.1, 0.15) is 0 Å². The zero-order valence-corrected chi connectivity index (χ0v) is 11.0. The summed E-state index contributed by atoms with van der Waals surface area (Å²) >= 11 is 0. The average molecular weight is 226 g/mol. The summed E-state index contributed by atoms with van der Waals surface area (Å²) in [6.07, 6.45) is 4.00. The molecular weight excluding hydrogens is 200 g/mol. The minimum absolute atomic E-state index is 0.0266.